The lowest BCUT2D eigenvalue weighted by molar-refractivity contribution is 0.0730. The largest absolute Gasteiger partial charge is 0.331 e. The number of hydrogen-bond donors (Lipinski definition) is 0. The summed E-state index contributed by atoms with van der Waals surface area (Å²) in [5.74, 6) is 0.118. The van der Waals surface area contributed by atoms with Gasteiger partial charge in [-0.05, 0) is 71.3 Å². The Labute approximate surface area is 132 Å². The van der Waals surface area contributed by atoms with Crippen molar-refractivity contribution in [3.05, 3.63) is 63.5 Å². The van der Waals surface area contributed by atoms with E-state index >= 15 is 0 Å². The van der Waals surface area contributed by atoms with Gasteiger partial charge in [-0.3, -0.25) is 9.78 Å². The number of benzene rings is 1. The SMILES string of the molecule is O=C(c1ccc(I)cc1)N(Cc1cccnc1)C1CC1. The van der Waals surface area contributed by atoms with Crippen LogP contribution in [0.15, 0.2) is 48.8 Å². The topological polar surface area (TPSA) is 33.2 Å². The molecule has 1 aromatic carbocycles. The molecule has 20 heavy (non-hydrogen) atoms. The van der Waals surface area contributed by atoms with Crippen LogP contribution in [0.1, 0.15) is 28.8 Å². The van der Waals surface area contributed by atoms with Gasteiger partial charge < -0.3 is 4.90 Å². The van der Waals surface area contributed by atoms with Crippen LogP contribution in [-0.2, 0) is 6.54 Å². The van der Waals surface area contributed by atoms with Crippen molar-refractivity contribution in [2.45, 2.75) is 25.4 Å². The average Bonchev–Trinajstić information content (AvgIpc) is 3.30. The van der Waals surface area contributed by atoms with Crippen molar-refractivity contribution in [1.29, 1.82) is 0 Å². The van der Waals surface area contributed by atoms with E-state index in [2.05, 4.69) is 27.6 Å². The molecule has 0 spiro atoms. The molecule has 0 saturated heterocycles. The van der Waals surface area contributed by atoms with Gasteiger partial charge in [0.25, 0.3) is 5.91 Å². The summed E-state index contributed by atoms with van der Waals surface area (Å²) in [4.78, 5) is 18.7. The first kappa shape index (κ1) is 13.5. The van der Waals surface area contributed by atoms with Crippen LogP contribution in [0.5, 0.6) is 0 Å². The van der Waals surface area contributed by atoms with E-state index in [0.717, 1.165) is 27.5 Å². The van der Waals surface area contributed by atoms with Gasteiger partial charge in [-0.15, -0.1) is 0 Å². The zero-order valence-electron chi connectivity index (χ0n) is 11.0. The molecule has 1 aromatic heterocycles. The number of pyridine rings is 1. The Morgan fingerprint density at radius 1 is 1.25 bits per heavy atom. The zero-order valence-corrected chi connectivity index (χ0v) is 13.2. The fraction of sp³-hybridized carbons (Fsp3) is 0.250. The van der Waals surface area contributed by atoms with Gasteiger partial charge in [0.1, 0.15) is 0 Å². The molecule has 0 aliphatic heterocycles. The first-order valence-electron chi connectivity index (χ1n) is 6.69. The third kappa shape index (κ3) is 3.17. The lowest BCUT2D eigenvalue weighted by Crippen LogP contribution is -2.32. The quantitative estimate of drug-likeness (QED) is 0.764. The van der Waals surface area contributed by atoms with Crippen molar-refractivity contribution in [3.8, 4) is 0 Å². The molecule has 0 atom stereocenters. The molecule has 0 radical (unpaired) electrons. The minimum Gasteiger partial charge on any atom is -0.331 e. The van der Waals surface area contributed by atoms with Crippen LogP contribution in [0.4, 0.5) is 0 Å². The average molecular weight is 378 g/mol. The smallest absolute Gasteiger partial charge is 0.254 e. The number of halogens is 1. The van der Waals surface area contributed by atoms with E-state index in [-0.39, 0.29) is 5.91 Å². The third-order valence-electron chi connectivity index (χ3n) is 3.42. The molecule has 3 nitrogen and oxygen atoms in total. The van der Waals surface area contributed by atoms with Gasteiger partial charge in [0.2, 0.25) is 0 Å². The maximum Gasteiger partial charge on any atom is 0.254 e. The molecule has 1 amide bonds. The second kappa shape index (κ2) is 5.91. The Morgan fingerprint density at radius 3 is 2.60 bits per heavy atom. The summed E-state index contributed by atoms with van der Waals surface area (Å²) < 4.78 is 1.14. The Balaban J connectivity index is 1.80. The second-order valence-corrected chi connectivity index (χ2v) is 6.28. The summed E-state index contributed by atoms with van der Waals surface area (Å²) in [7, 11) is 0. The van der Waals surface area contributed by atoms with Gasteiger partial charge in [0.15, 0.2) is 0 Å². The van der Waals surface area contributed by atoms with Crippen molar-refractivity contribution in [2.75, 3.05) is 0 Å². The molecule has 1 fully saturated rings. The number of aromatic nitrogens is 1. The predicted octanol–water partition coefficient (Wildman–Crippen LogP) is 3.49. The number of hydrogen-bond acceptors (Lipinski definition) is 2. The van der Waals surface area contributed by atoms with Crippen LogP contribution in [0.2, 0.25) is 0 Å². The minimum absolute atomic E-state index is 0.118. The van der Waals surface area contributed by atoms with Crippen LogP contribution in [0.3, 0.4) is 0 Å². The second-order valence-electron chi connectivity index (χ2n) is 5.03. The van der Waals surface area contributed by atoms with Crippen LogP contribution in [-0.4, -0.2) is 21.8 Å². The summed E-state index contributed by atoms with van der Waals surface area (Å²) in [6, 6.07) is 12.1. The van der Waals surface area contributed by atoms with E-state index in [0.29, 0.717) is 12.6 Å². The van der Waals surface area contributed by atoms with E-state index in [1.54, 1.807) is 6.20 Å². The van der Waals surface area contributed by atoms with E-state index in [1.807, 2.05) is 47.5 Å². The summed E-state index contributed by atoms with van der Waals surface area (Å²) in [6.45, 7) is 0.642. The Hall–Kier alpha value is -1.43. The van der Waals surface area contributed by atoms with E-state index in [9.17, 15) is 4.79 Å². The molecule has 4 heteroatoms. The van der Waals surface area contributed by atoms with Crippen LogP contribution < -0.4 is 0 Å². The Kier molecular flexibility index (Phi) is 4.00. The van der Waals surface area contributed by atoms with Crippen molar-refractivity contribution < 1.29 is 4.79 Å². The zero-order chi connectivity index (χ0) is 13.9. The molecule has 1 aliphatic rings. The molecule has 1 heterocycles. The van der Waals surface area contributed by atoms with Crippen molar-refractivity contribution in [3.63, 3.8) is 0 Å². The molecule has 3 rings (SSSR count). The number of amides is 1. The highest BCUT2D eigenvalue weighted by Gasteiger charge is 2.33. The minimum atomic E-state index is 0.118. The first-order chi connectivity index (χ1) is 9.74. The van der Waals surface area contributed by atoms with Crippen molar-refractivity contribution in [1.82, 2.24) is 9.88 Å². The Morgan fingerprint density at radius 2 is 2.00 bits per heavy atom. The summed E-state index contributed by atoms with van der Waals surface area (Å²) in [6.07, 6.45) is 5.80. The predicted molar refractivity (Wildman–Crippen MR) is 86.3 cm³/mol. The molecule has 0 unspecified atom stereocenters. The highest BCUT2D eigenvalue weighted by molar-refractivity contribution is 14.1. The fourth-order valence-electron chi connectivity index (χ4n) is 2.20. The lowest BCUT2D eigenvalue weighted by atomic mass is 10.1. The Bertz CT molecular complexity index is 594. The summed E-state index contributed by atoms with van der Waals surface area (Å²) in [5.41, 5.74) is 1.85. The number of carbonyl (C=O) groups is 1. The van der Waals surface area contributed by atoms with Crippen LogP contribution in [0, 0.1) is 3.57 Å². The molecular weight excluding hydrogens is 363 g/mol. The standard InChI is InChI=1S/C16H15IN2O/c17-14-5-3-13(4-6-14)16(20)19(15-7-8-15)11-12-2-1-9-18-10-12/h1-6,9-10,15H,7-8,11H2. The highest BCUT2D eigenvalue weighted by atomic mass is 127. The van der Waals surface area contributed by atoms with E-state index < -0.39 is 0 Å². The maximum absolute atomic E-state index is 12.6. The number of nitrogens with zero attached hydrogens (tertiary/aromatic N) is 2. The lowest BCUT2D eigenvalue weighted by Gasteiger charge is -2.22. The molecular formula is C16H15IN2O. The molecule has 1 saturated carbocycles. The monoisotopic (exact) mass is 378 g/mol. The maximum atomic E-state index is 12.6. The first-order valence-corrected chi connectivity index (χ1v) is 7.77. The molecule has 0 N–H and O–H groups in total. The van der Waals surface area contributed by atoms with E-state index in [4.69, 9.17) is 0 Å². The summed E-state index contributed by atoms with van der Waals surface area (Å²) in [5, 5.41) is 0. The molecule has 2 aromatic rings. The van der Waals surface area contributed by atoms with Gasteiger partial charge >= 0.3 is 0 Å². The highest BCUT2D eigenvalue weighted by Crippen LogP contribution is 2.29. The fourth-order valence-corrected chi connectivity index (χ4v) is 2.56. The van der Waals surface area contributed by atoms with Gasteiger partial charge in [-0.2, -0.15) is 0 Å². The van der Waals surface area contributed by atoms with Crippen molar-refractivity contribution in [2.24, 2.45) is 0 Å². The van der Waals surface area contributed by atoms with E-state index in [1.165, 1.54) is 0 Å². The number of rotatable bonds is 4. The van der Waals surface area contributed by atoms with Gasteiger partial charge in [-0.25, -0.2) is 0 Å². The number of carbonyl (C=O) groups excluding carboxylic acids is 1. The van der Waals surface area contributed by atoms with Crippen molar-refractivity contribution >= 4 is 28.5 Å². The van der Waals surface area contributed by atoms with Gasteiger partial charge in [-0.1, -0.05) is 6.07 Å². The van der Waals surface area contributed by atoms with Crippen LogP contribution >= 0.6 is 22.6 Å². The van der Waals surface area contributed by atoms with Gasteiger partial charge in [0, 0.05) is 34.1 Å². The normalized spacial score (nSPS) is 14.1. The molecule has 0 bridgehead atoms. The molecule has 1 aliphatic carbocycles. The molecule has 102 valence electrons. The summed E-state index contributed by atoms with van der Waals surface area (Å²) >= 11 is 2.25. The third-order valence-corrected chi connectivity index (χ3v) is 4.13. The van der Waals surface area contributed by atoms with Crippen LogP contribution in [0.25, 0.3) is 0 Å². The van der Waals surface area contributed by atoms with Gasteiger partial charge in [0.05, 0.1) is 0 Å².